The molecule has 2 aromatic carbocycles. The van der Waals surface area contributed by atoms with E-state index in [1.54, 1.807) is 6.07 Å². The molecular weight excluding hydrogens is 275 g/mol. The highest BCUT2D eigenvalue weighted by molar-refractivity contribution is 6.31. The van der Waals surface area contributed by atoms with Crippen LogP contribution in [0.15, 0.2) is 36.4 Å². The van der Waals surface area contributed by atoms with Gasteiger partial charge in [0.05, 0.1) is 0 Å². The molecule has 20 heavy (non-hydrogen) atoms. The molecule has 2 aromatic rings. The van der Waals surface area contributed by atoms with Crippen molar-refractivity contribution in [3.05, 3.63) is 58.4 Å². The Hall–Kier alpha value is -1.58. The van der Waals surface area contributed by atoms with Crippen molar-refractivity contribution in [2.24, 2.45) is 0 Å². The second kappa shape index (κ2) is 5.43. The molecule has 0 unspecified atom stereocenters. The molecule has 4 heteroatoms. The van der Waals surface area contributed by atoms with E-state index >= 15 is 0 Å². The number of benzene rings is 2. The van der Waals surface area contributed by atoms with E-state index in [-0.39, 0.29) is 5.82 Å². The summed E-state index contributed by atoms with van der Waals surface area (Å²) in [5.74, 6) is -0.201. The molecule has 0 fully saturated rings. The normalized spacial score (nSPS) is 13.7. The molecule has 0 aromatic heterocycles. The average Bonchev–Trinajstić information content (AvgIpc) is 2.84. The van der Waals surface area contributed by atoms with Gasteiger partial charge in [-0.3, -0.25) is 0 Å². The van der Waals surface area contributed by atoms with Crippen LogP contribution in [0.25, 0.3) is 0 Å². The molecule has 0 aliphatic carbocycles. The van der Waals surface area contributed by atoms with Gasteiger partial charge in [0.15, 0.2) is 0 Å². The molecule has 0 saturated heterocycles. The Morgan fingerprint density at radius 3 is 2.90 bits per heavy atom. The van der Waals surface area contributed by atoms with Crippen LogP contribution in [-0.4, -0.2) is 13.6 Å². The molecule has 0 amide bonds. The van der Waals surface area contributed by atoms with Gasteiger partial charge < -0.3 is 10.2 Å². The number of anilines is 2. The van der Waals surface area contributed by atoms with Gasteiger partial charge in [-0.05, 0) is 43.3 Å². The third kappa shape index (κ3) is 2.28. The molecule has 0 saturated carbocycles. The maximum Gasteiger partial charge on any atom is 0.125 e. The van der Waals surface area contributed by atoms with Crippen molar-refractivity contribution >= 4 is 23.0 Å². The molecule has 3 rings (SSSR count). The van der Waals surface area contributed by atoms with Gasteiger partial charge in [-0.15, -0.1) is 0 Å². The van der Waals surface area contributed by atoms with Crippen LogP contribution in [-0.2, 0) is 13.0 Å². The molecule has 1 aliphatic rings. The lowest BCUT2D eigenvalue weighted by molar-refractivity contribution is 0.628. The molecule has 2 nitrogen and oxygen atoms in total. The number of nitrogens with one attached hydrogen (secondary N) is 1. The summed E-state index contributed by atoms with van der Waals surface area (Å²) in [5.41, 5.74) is 4.23. The third-order valence-corrected chi connectivity index (χ3v) is 4.04. The lowest BCUT2D eigenvalue weighted by Crippen LogP contribution is -2.17. The molecule has 0 spiro atoms. The van der Waals surface area contributed by atoms with Crippen molar-refractivity contribution in [1.82, 2.24) is 5.32 Å². The van der Waals surface area contributed by atoms with Gasteiger partial charge in [0.1, 0.15) is 5.82 Å². The highest BCUT2D eigenvalue weighted by Crippen LogP contribution is 2.38. The molecule has 104 valence electrons. The Morgan fingerprint density at radius 1 is 1.25 bits per heavy atom. The fraction of sp³-hybridized carbons (Fsp3) is 0.250. The van der Waals surface area contributed by atoms with E-state index in [2.05, 4.69) is 10.2 Å². The molecule has 1 aliphatic heterocycles. The Labute approximate surface area is 123 Å². The second-order valence-corrected chi connectivity index (χ2v) is 5.35. The molecular formula is C16H16ClFN2. The fourth-order valence-corrected chi connectivity index (χ4v) is 2.99. The quantitative estimate of drug-likeness (QED) is 0.922. The van der Waals surface area contributed by atoms with Crippen LogP contribution >= 0.6 is 11.6 Å². The number of halogens is 2. The summed E-state index contributed by atoms with van der Waals surface area (Å²) in [6, 6.07) is 10.9. The lowest BCUT2D eigenvalue weighted by Gasteiger charge is -2.23. The largest absolute Gasteiger partial charge is 0.341 e. The summed E-state index contributed by atoms with van der Waals surface area (Å²) in [5, 5.41) is 3.88. The zero-order valence-electron chi connectivity index (χ0n) is 11.3. The summed E-state index contributed by atoms with van der Waals surface area (Å²) in [4.78, 5) is 2.15. The van der Waals surface area contributed by atoms with E-state index in [0.29, 0.717) is 6.54 Å². The summed E-state index contributed by atoms with van der Waals surface area (Å²) in [6.07, 6.45) is 0.932. The van der Waals surface area contributed by atoms with Gasteiger partial charge in [0.2, 0.25) is 0 Å². The van der Waals surface area contributed by atoms with Gasteiger partial charge in [-0.1, -0.05) is 23.7 Å². The summed E-state index contributed by atoms with van der Waals surface area (Å²) < 4.78 is 13.5. The van der Waals surface area contributed by atoms with Crippen molar-refractivity contribution < 1.29 is 4.39 Å². The first kappa shape index (κ1) is 13.4. The minimum Gasteiger partial charge on any atom is -0.341 e. The Balaban J connectivity index is 2.08. The smallest absolute Gasteiger partial charge is 0.125 e. The molecule has 1 heterocycles. The summed E-state index contributed by atoms with van der Waals surface area (Å²) in [7, 11) is 1.89. The number of hydrogen-bond donors (Lipinski definition) is 1. The SMILES string of the molecule is CNCc1c(Cl)cccc1N1CCc2ccc(F)cc21. The van der Waals surface area contributed by atoms with Crippen molar-refractivity contribution in [2.75, 3.05) is 18.5 Å². The van der Waals surface area contributed by atoms with E-state index in [1.807, 2.05) is 31.3 Å². The summed E-state index contributed by atoms with van der Waals surface area (Å²) in [6.45, 7) is 1.55. The van der Waals surface area contributed by atoms with Crippen molar-refractivity contribution in [1.29, 1.82) is 0 Å². The predicted molar refractivity (Wildman–Crippen MR) is 81.3 cm³/mol. The van der Waals surface area contributed by atoms with Gasteiger partial charge in [-0.25, -0.2) is 4.39 Å². The fourth-order valence-electron chi connectivity index (χ4n) is 2.75. The first-order valence-electron chi connectivity index (χ1n) is 6.68. The first-order valence-corrected chi connectivity index (χ1v) is 7.06. The maximum absolute atomic E-state index is 13.5. The number of nitrogens with zero attached hydrogens (tertiary/aromatic N) is 1. The molecule has 0 atom stereocenters. The highest BCUT2D eigenvalue weighted by atomic mass is 35.5. The third-order valence-electron chi connectivity index (χ3n) is 3.68. The molecule has 0 radical (unpaired) electrons. The minimum atomic E-state index is -0.201. The van der Waals surface area contributed by atoms with Gasteiger partial charge in [0, 0.05) is 35.1 Å². The Bertz CT molecular complexity index is 642. The minimum absolute atomic E-state index is 0.201. The van der Waals surface area contributed by atoms with E-state index in [0.717, 1.165) is 34.9 Å². The Kier molecular flexibility index (Phi) is 3.64. The van der Waals surface area contributed by atoms with Crippen LogP contribution in [0.2, 0.25) is 5.02 Å². The van der Waals surface area contributed by atoms with Gasteiger partial charge in [-0.2, -0.15) is 0 Å². The van der Waals surface area contributed by atoms with Crippen LogP contribution in [0.5, 0.6) is 0 Å². The van der Waals surface area contributed by atoms with Crippen molar-refractivity contribution in [3.8, 4) is 0 Å². The van der Waals surface area contributed by atoms with E-state index in [1.165, 1.54) is 11.6 Å². The first-order chi connectivity index (χ1) is 9.70. The Morgan fingerprint density at radius 2 is 2.10 bits per heavy atom. The summed E-state index contributed by atoms with van der Waals surface area (Å²) >= 11 is 6.30. The monoisotopic (exact) mass is 290 g/mol. The van der Waals surface area contributed by atoms with Crippen molar-refractivity contribution in [3.63, 3.8) is 0 Å². The topological polar surface area (TPSA) is 15.3 Å². The lowest BCUT2D eigenvalue weighted by atomic mass is 10.1. The maximum atomic E-state index is 13.5. The van der Waals surface area contributed by atoms with E-state index < -0.39 is 0 Å². The van der Waals surface area contributed by atoms with Crippen LogP contribution < -0.4 is 10.2 Å². The van der Waals surface area contributed by atoms with Gasteiger partial charge >= 0.3 is 0 Å². The van der Waals surface area contributed by atoms with Crippen LogP contribution in [0, 0.1) is 5.82 Å². The van der Waals surface area contributed by atoms with Crippen molar-refractivity contribution in [2.45, 2.75) is 13.0 Å². The van der Waals surface area contributed by atoms with Crippen LogP contribution in [0.1, 0.15) is 11.1 Å². The average molecular weight is 291 g/mol. The molecule has 0 bridgehead atoms. The standard InChI is InChI=1S/C16H16ClFN2/c1-19-10-13-14(17)3-2-4-15(13)20-8-7-11-5-6-12(18)9-16(11)20/h2-6,9,19H,7-8,10H2,1H3. The second-order valence-electron chi connectivity index (χ2n) is 4.94. The number of hydrogen-bond acceptors (Lipinski definition) is 2. The van der Waals surface area contributed by atoms with Gasteiger partial charge in [0.25, 0.3) is 0 Å². The van der Waals surface area contributed by atoms with Crippen LogP contribution in [0.3, 0.4) is 0 Å². The van der Waals surface area contributed by atoms with E-state index in [9.17, 15) is 4.39 Å². The highest BCUT2D eigenvalue weighted by Gasteiger charge is 2.23. The molecule has 1 N–H and O–H groups in total. The predicted octanol–water partition coefficient (Wildman–Crippen LogP) is 3.89. The zero-order chi connectivity index (χ0) is 14.1. The number of fused-ring (bicyclic) bond motifs is 1. The number of rotatable bonds is 3. The van der Waals surface area contributed by atoms with Crippen LogP contribution in [0.4, 0.5) is 15.8 Å². The zero-order valence-corrected chi connectivity index (χ0v) is 12.0. The van der Waals surface area contributed by atoms with E-state index in [4.69, 9.17) is 11.6 Å².